The number of aromatic nitrogens is 2. The van der Waals surface area contributed by atoms with Gasteiger partial charge in [0.2, 0.25) is 0 Å². The summed E-state index contributed by atoms with van der Waals surface area (Å²) in [5.41, 5.74) is 1.03. The third kappa shape index (κ3) is 1.64. The minimum absolute atomic E-state index is 0.113. The first-order chi connectivity index (χ1) is 7.54. The summed E-state index contributed by atoms with van der Waals surface area (Å²) in [6.07, 6.45) is 2.02. The van der Waals surface area contributed by atoms with Crippen molar-refractivity contribution in [1.82, 2.24) is 9.38 Å². The maximum Gasteiger partial charge on any atom is 0.354 e. The third-order valence-corrected chi connectivity index (χ3v) is 2.74. The second-order valence-electron chi connectivity index (χ2n) is 3.27. The van der Waals surface area contributed by atoms with Crippen molar-refractivity contribution in [1.29, 1.82) is 0 Å². The van der Waals surface area contributed by atoms with Crippen LogP contribution < -0.4 is 0 Å². The molecule has 1 N–H and O–H groups in total. The highest BCUT2D eigenvalue weighted by Crippen LogP contribution is 2.24. The van der Waals surface area contributed by atoms with Gasteiger partial charge in [0.15, 0.2) is 11.3 Å². The van der Waals surface area contributed by atoms with Gasteiger partial charge in [0, 0.05) is 6.20 Å². The minimum Gasteiger partial charge on any atom is -0.477 e. The summed E-state index contributed by atoms with van der Waals surface area (Å²) in [6, 6.07) is 1.54. The molecular formula is C10H8Cl2N2O2. The quantitative estimate of drug-likeness (QED) is 0.902. The van der Waals surface area contributed by atoms with E-state index in [0.29, 0.717) is 27.8 Å². The fourth-order valence-corrected chi connectivity index (χ4v) is 2.11. The molecule has 0 aliphatic carbocycles. The Morgan fingerprint density at radius 2 is 2.25 bits per heavy atom. The Labute approximate surface area is 101 Å². The summed E-state index contributed by atoms with van der Waals surface area (Å²) < 4.78 is 1.41. The fourth-order valence-electron chi connectivity index (χ4n) is 1.59. The average molecular weight is 259 g/mol. The maximum absolute atomic E-state index is 11.1. The van der Waals surface area contributed by atoms with E-state index in [0.717, 1.165) is 0 Å². The molecule has 4 nitrogen and oxygen atoms in total. The van der Waals surface area contributed by atoms with E-state index in [1.54, 1.807) is 0 Å². The van der Waals surface area contributed by atoms with E-state index in [-0.39, 0.29) is 5.69 Å². The van der Waals surface area contributed by atoms with E-state index in [9.17, 15) is 4.79 Å². The van der Waals surface area contributed by atoms with Crippen LogP contribution in [-0.4, -0.2) is 20.5 Å². The number of aryl methyl sites for hydroxylation is 1. The molecule has 2 aromatic rings. The SMILES string of the molecule is CCc1nc2c(Cl)cc(Cl)cn2c1C(=O)O. The third-order valence-electron chi connectivity index (χ3n) is 2.25. The normalized spacial score (nSPS) is 10.9. The van der Waals surface area contributed by atoms with Crippen molar-refractivity contribution >= 4 is 34.8 Å². The molecule has 0 spiro atoms. The van der Waals surface area contributed by atoms with Crippen LogP contribution in [-0.2, 0) is 6.42 Å². The van der Waals surface area contributed by atoms with Crippen LogP contribution in [0.1, 0.15) is 23.1 Å². The maximum atomic E-state index is 11.1. The van der Waals surface area contributed by atoms with Gasteiger partial charge < -0.3 is 5.11 Å². The van der Waals surface area contributed by atoms with Gasteiger partial charge in [-0.25, -0.2) is 9.78 Å². The van der Waals surface area contributed by atoms with Crippen molar-refractivity contribution in [2.24, 2.45) is 0 Å². The highest BCUT2D eigenvalue weighted by Gasteiger charge is 2.19. The van der Waals surface area contributed by atoms with Gasteiger partial charge in [0.1, 0.15) is 0 Å². The molecule has 0 saturated heterocycles. The van der Waals surface area contributed by atoms with Crippen LogP contribution >= 0.6 is 23.2 Å². The number of fused-ring (bicyclic) bond motifs is 1. The average Bonchev–Trinajstić information content (AvgIpc) is 2.56. The number of carbonyl (C=O) groups is 1. The Bertz CT molecular complexity index is 578. The van der Waals surface area contributed by atoms with Crippen LogP contribution in [0.15, 0.2) is 12.3 Å². The number of pyridine rings is 1. The number of carboxylic acid groups (broad SMARTS) is 1. The molecule has 6 heteroatoms. The molecule has 0 amide bonds. The molecule has 2 heterocycles. The van der Waals surface area contributed by atoms with Crippen molar-refractivity contribution in [3.05, 3.63) is 33.7 Å². The summed E-state index contributed by atoms with van der Waals surface area (Å²) in [7, 11) is 0. The van der Waals surface area contributed by atoms with Gasteiger partial charge in [0.25, 0.3) is 0 Å². The molecule has 0 radical (unpaired) electrons. The van der Waals surface area contributed by atoms with Crippen LogP contribution in [0.25, 0.3) is 5.65 Å². The molecule has 16 heavy (non-hydrogen) atoms. The smallest absolute Gasteiger partial charge is 0.354 e. The van der Waals surface area contributed by atoms with E-state index >= 15 is 0 Å². The lowest BCUT2D eigenvalue weighted by Crippen LogP contribution is -2.04. The molecule has 0 bridgehead atoms. The lowest BCUT2D eigenvalue weighted by molar-refractivity contribution is 0.0688. The molecule has 84 valence electrons. The number of carboxylic acids is 1. The summed E-state index contributed by atoms with van der Waals surface area (Å²) in [6.45, 7) is 1.84. The zero-order valence-corrected chi connectivity index (χ0v) is 9.88. The lowest BCUT2D eigenvalue weighted by atomic mass is 10.2. The Morgan fingerprint density at radius 1 is 1.56 bits per heavy atom. The van der Waals surface area contributed by atoms with Gasteiger partial charge >= 0.3 is 5.97 Å². The Morgan fingerprint density at radius 3 is 2.81 bits per heavy atom. The molecule has 2 aromatic heterocycles. The van der Waals surface area contributed by atoms with Gasteiger partial charge in [-0.1, -0.05) is 30.1 Å². The number of halogens is 2. The van der Waals surface area contributed by atoms with Crippen LogP contribution in [0.4, 0.5) is 0 Å². The van der Waals surface area contributed by atoms with Gasteiger partial charge in [-0.3, -0.25) is 4.40 Å². The molecule has 0 atom stereocenters. The lowest BCUT2D eigenvalue weighted by Gasteiger charge is -2.00. The van der Waals surface area contributed by atoms with E-state index in [4.69, 9.17) is 28.3 Å². The van der Waals surface area contributed by atoms with Gasteiger partial charge in [0.05, 0.1) is 15.7 Å². The zero-order valence-electron chi connectivity index (χ0n) is 8.37. The van der Waals surface area contributed by atoms with Gasteiger partial charge in [-0.15, -0.1) is 0 Å². The van der Waals surface area contributed by atoms with E-state index in [1.165, 1.54) is 16.7 Å². The predicted octanol–water partition coefficient (Wildman–Crippen LogP) is 2.90. The standard InChI is InChI=1S/C10H8Cl2N2O2/c1-2-7-8(10(15)16)14-4-5(11)3-6(12)9(14)13-7/h3-4H,2H2,1H3,(H,15,16). The van der Waals surface area contributed by atoms with Crippen LogP contribution in [0.5, 0.6) is 0 Å². The van der Waals surface area contributed by atoms with Crippen molar-refractivity contribution < 1.29 is 9.90 Å². The Hall–Kier alpha value is -1.26. The highest BCUT2D eigenvalue weighted by atomic mass is 35.5. The first kappa shape index (κ1) is 11.2. The van der Waals surface area contributed by atoms with E-state index in [2.05, 4.69) is 4.98 Å². The number of rotatable bonds is 2. The summed E-state index contributed by atoms with van der Waals surface area (Å²) >= 11 is 11.8. The summed E-state index contributed by atoms with van der Waals surface area (Å²) in [4.78, 5) is 15.3. The Balaban J connectivity index is 2.89. The second-order valence-corrected chi connectivity index (χ2v) is 4.11. The van der Waals surface area contributed by atoms with Crippen LogP contribution in [0.2, 0.25) is 10.0 Å². The molecule has 0 fully saturated rings. The predicted molar refractivity (Wildman–Crippen MR) is 61.5 cm³/mol. The Kier molecular flexibility index (Phi) is 2.78. The number of hydrogen-bond donors (Lipinski definition) is 1. The second kappa shape index (κ2) is 3.96. The topological polar surface area (TPSA) is 54.6 Å². The highest BCUT2D eigenvalue weighted by molar-refractivity contribution is 6.36. The number of aromatic carboxylic acids is 1. The van der Waals surface area contributed by atoms with Crippen LogP contribution in [0, 0.1) is 0 Å². The molecule has 0 aromatic carbocycles. The van der Waals surface area contributed by atoms with E-state index in [1.807, 2.05) is 6.92 Å². The number of imidazole rings is 1. The van der Waals surface area contributed by atoms with Gasteiger partial charge in [-0.2, -0.15) is 0 Å². The van der Waals surface area contributed by atoms with Crippen molar-refractivity contribution in [2.45, 2.75) is 13.3 Å². The van der Waals surface area contributed by atoms with Crippen LogP contribution in [0.3, 0.4) is 0 Å². The number of hydrogen-bond acceptors (Lipinski definition) is 2. The van der Waals surface area contributed by atoms with Crippen molar-refractivity contribution in [3.63, 3.8) is 0 Å². The summed E-state index contributed by atoms with van der Waals surface area (Å²) in [5.74, 6) is -1.04. The first-order valence-corrected chi connectivity index (χ1v) is 5.39. The van der Waals surface area contributed by atoms with Gasteiger partial charge in [-0.05, 0) is 12.5 Å². The molecule has 2 rings (SSSR count). The summed E-state index contributed by atoms with van der Waals surface area (Å²) in [5, 5.41) is 9.84. The minimum atomic E-state index is -1.04. The molecule has 0 aliphatic heterocycles. The first-order valence-electron chi connectivity index (χ1n) is 4.64. The molecule has 0 saturated carbocycles. The molecule has 0 unspecified atom stereocenters. The monoisotopic (exact) mass is 258 g/mol. The number of nitrogens with zero attached hydrogens (tertiary/aromatic N) is 2. The molecular weight excluding hydrogens is 251 g/mol. The largest absolute Gasteiger partial charge is 0.477 e. The van der Waals surface area contributed by atoms with Crippen molar-refractivity contribution in [3.8, 4) is 0 Å². The zero-order chi connectivity index (χ0) is 11.9. The van der Waals surface area contributed by atoms with E-state index < -0.39 is 5.97 Å². The van der Waals surface area contributed by atoms with Crippen molar-refractivity contribution in [2.75, 3.05) is 0 Å². The fraction of sp³-hybridized carbons (Fsp3) is 0.200. The molecule has 0 aliphatic rings.